The van der Waals surface area contributed by atoms with Crippen molar-refractivity contribution in [3.05, 3.63) is 60.7 Å². The third-order valence-electron chi connectivity index (χ3n) is 4.87. The van der Waals surface area contributed by atoms with Crippen LogP contribution in [0.4, 0.5) is 0 Å². The van der Waals surface area contributed by atoms with Gasteiger partial charge in [0, 0.05) is 32.7 Å². The molecule has 4 aromatic rings. The van der Waals surface area contributed by atoms with Gasteiger partial charge in [-0.1, -0.05) is 48.5 Å². The number of phenols is 1. The standard InChI is InChI=1S/C23H20O4/c1-25-20-12-18(22(24)16-10-6-4-8-14(16)20)19-13-21(26-2)15-9-5-7-11-17(15)23(19)27-3/h4-13,24H,1-3H3. The van der Waals surface area contributed by atoms with Gasteiger partial charge in [-0.05, 0) is 12.1 Å². The number of phenolic OH excluding ortho intramolecular Hbond substituents is 1. The van der Waals surface area contributed by atoms with Gasteiger partial charge in [-0.2, -0.15) is 0 Å². The van der Waals surface area contributed by atoms with Crippen LogP contribution in [0.1, 0.15) is 0 Å². The summed E-state index contributed by atoms with van der Waals surface area (Å²) in [6.45, 7) is 0. The summed E-state index contributed by atoms with van der Waals surface area (Å²) >= 11 is 0. The molecular formula is C23H20O4. The van der Waals surface area contributed by atoms with Crippen molar-refractivity contribution in [2.45, 2.75) is 0 Å². The molecule has 4 rings (SSSR count). The first kappa shape index (κ1) is 17.0. The second-order valence-corrected chi connectivity index (χ2v) is 6.23. The Morgan fingerprint density at radius 3 is 1.63 bits per heavy atom. The van der Waals surface area contributed by atoms with Crippen molar-refractivity contribution in [2.75, 3.05) is 21.3 Å². The maximum absolute atomic E-state index is 11.0. The summed E-state index contributed by atoms with van der Waals surface area (Å²) in [7, 11) is 4.90. The number of hydrogen-bond acceptors (Lipinski definition) is 4. The zero-order valence-electron chi connectivity index (χ0n) is 15.4. The van der Waals surface area contributed by atoms with Crippen molar-refractivity contribution >= 4 is 21.5 Å². The molecule has 0 aliphatic carbocycles. The second kappa shape index (κ2) is 6.72. The van der Waals surface area contributed by atoms with Crippen molar-refractivity contribution < 1.29 is 19.3 Å². The summed E-state index contributed by atoms with van der Waals surface area (Å²) in [4.78, 5) is 0. The van der Waals surface area contributed by atoms with E-state index in [0.29, 0.717) is 22.8 Å². The number of aromatic hydroxyl groups is 1. The Hall–Kier alpha value is -3.40. The Bertz CT molecular complexity index is 1150. The average Bonchev–Trinajstić information content (AvgIpc) is 2.73. The molecule has 0 bridgehead atoms. The van der Waals surface area contributed by atoms with Crippen LogP contribution < -0.4 is 14.2 Å². The van der Waals surface area contributed by atoms with Gasteiger partial charge in [-0.3, -0.25) is 0 Å². The second-order valence-electron chi connectivity index (χ2n) is 6.23. The largest absolute Gasteiger partial charge is 0.507 e. The van der Waals surface area contributed by atoms with Crippen molar-refractivity contribution in [1.82, 2.24) is 0 Å². The van der Waals surface area contributed by atoms with E-state index >= 15 is 0 Å². The van der Waals surface area contributed by atoms with Crippen LogP contribution in [0.5, 0.6) is 23.0 Å². The molecular weight excluding hydrogens is 340 g/mol. The molecule has 0 fully saturated rings. The molecule has 0 saturated carbocycles. The van der Waals surface area contributed by atoms with Crippen molar-refractivity contribution in [2.24, 2.45) is 0 Å². The SMILES string of the molecule is COc1cc(-c2cc(OC)c3ccccc3c2OC)c(O)c2ccccc12. The van der Waals surface area contributed by atoms with E-state index < -0.39 is 0 Å². The van der Waals surface area contributed by atoms with Gasteiger partial charge in [-0.15, -0.1) is 0 Å². The van der Waals surface area contributed by atoms with E-state index in [2.05, 4.69) is 0 Å². The lowest BCUT2D eigenvalue weighted by molar-refractivity contribution is 0.410. The van der Waals surface area contributed by atoms with Crippen molar-refractivity contribution in [3.63, 3.8) is 0 Å². The van der Waals surface area contributed by atoms with E-state index in [9.17, 15) is 5.11 Å². The lowest BCUT2D eigenvalue weighted by atomic mass is 9.95. The first-order valence-electron chi connectivity index (χ1n) is 8.62. The van der Waals surface area contributed by atoms with Gasteiger partial charge in [0.15, 0.2) is 0 Å². The maximum Gasteiger partial charge on any atom is 0.134 e. The molecule has 1 N–H and O–H groups in total. The number of methoxy groups -OCH3 is 3. The normalized spacial score (nSPS) is 10.9. The topological polar surface area (TPSA) is 47.9 Å². The van der Waals surface area contributed by atoms with Crippen LogP contribution in [0.2, 0.25) is 0 Å². The molecule has 4 nitrogen and oxygen atoms in total. The number of hydrogen-bond donors (Lipinski definition) is 1. The summed E-state index contributed by atoms with van der Waals surface area (Å²) < 4.78 is 16.9. The highest BCUT2D eigenvalue weighted by atomic mass is 16.5. The van der Waals surface area contributed by atoms with E-state index in [4.69, 9.17) is 14.2 Å². The predicted octanol–water partition coefficient (Wildman–Crippen LogP) is 5.39. The Balaban J connectivity index is 2.13. The molecule has 0 aromatic heterocycles. The summed E-state index contributed by atoms with van der Waals surface area (Å²) in [5.74, 6) is 2.27. The lowest BCUT2D eigenvalue weighted by Crippen LogP contribution is -1.95. The molecule has 0 radical (unpaired) electrons. The smallest absolute Gasteiger partial charge is 0.134 e. The van der Waals surface area contributed by atoms with Gasteiger partial charge in [0.1, 0.15) is 23.0 Å². The quantitative estimate of drug-likeness (QED) is 0.530. The molecule has 27 heavy (non-hydrogen) atoms. The average molecular weight is 360 g/mol. The summed E-state index contributed by atoms with van der Waals surface area (Å²) in [5, 5.41) is 14.5. The molecule has 0 aliphatic heterocycles. The van der Waals surface area contributed by atoms with Crippen molar-refractivity contribution in [3.8, 4) is 34.1 Å². The number of ether oxygens (including phenoxy) is 3. The van der Waals surface area contributed by atoms with Gasteiger partial charge < -0.3 is 19.3 Å². The third kappa shape index (κ3) is 2.61. The maximum atomic E-state index is 11.0. The van der Waals surface area contributed by atoms with Gasteiger partial charge in [0.25, 0.3) is 0 Å². The predicted molar refractivity (Wildman–Crippen MR) is 108 cm³/mol. The summed E-state index contributed by atoms with van der Waals surface area (Å²) in [5.41, 5.74) is 1.38. The minimum Gasteiger partial charge on any atom is -0.507 e. The molecule has 136 valence electrons. The van der Waals surface area contributed by atoms with Crippen LogP contribution in [-0.2, 0) is 0 Å². The third-order valence-corrected chi connectivity index (χ3v) is 4.87. The van der Waals surface area contributed by atoms with E-state index in [1.165, 1.54) is 0 Å². The van der Waals surface area contributed by atoms with E-state index in [1.807, 2.05) is 60.7 Å². The Morgan fingerprint density at radius 1 is 0.593 bits per heavy atom. The highest BCUT2D eigenvalue weighted by molar-refractivity contribution is 6.04. The minimum absolute atomic E-state index is 0.182. The van der Waals surface area contributed by atoms with Crippen LogP contribution in [0.25, 0.3) is 32.7 Å². The molecule has 0 heterocycles. The molecule has 0 amide bonds. The number of rotatable bonds is 4. The fourth-order valence-electron chi connectivity index (χ4n) is 3.61. The first-order chi connectivity index (χ1) is 13.2. The lowest BCUT2D eigenvalue weighted by Gasteiger charge is -2.18. The van der Waals surface area contributed by atoms with Crippen LogP contribution in [0.15, 0.2) is 60.7 Å². The molecule has 0 aliphatic rings. The summed E-state index contributed by atoms with van der Waals surface area (Å²) in [6, 6.07) is 19.2. The molecule has 4 heteroatoms. The van der Waals surface area contributed by atoms with Crippen molar-refractivity contribution in [1.29, 1.82) is 0 Å². The van der Waals surface area contributed by atoms with Crippen LogP contribution >= 0.6 is 0 Å². The molecule has 0 saturated heterocycles. The number of benzene rings is 4. The van der Waals surface area contributed by atoms with Gasteiger partial charge in [0.2, 0.25) is 0 Å². The van der Waals surface area contributed by atoms with Gasteiger partial charge in [-0.25, -0.2) is 0 Å². The minimum atomic E-state index is 0.182. The molecule has 0 atom stereocenters. The first-order valence-corrected chi connectivity index (χ1v) is 8.62. The number of fused-ring (bicyclic) bond motifs is 2. The Morgan fingerprint density at radius 2 is 1.07 bits per heavy atom. The fraction of sp³-hybridized carbons (Fsp3) is 0.130. The summed E-state index contributed by atoms with van der Waals surface area (Å²) in [6.07, 6.45) is 0. The monoisotopic (exact) mass is 360 g/mol. The van der Waals surface area contributed by atoms with E-state index in [0.717, 1.165) is 27.1 Å². The Kier molecular flexibility index (Phi) is 4.24. The molecule has 0 spiro atoms. The molecule has 4 aromatic carbocycles. The van der Waals surface area contributed by atoms with Crippen LogP contribution in [0.3, 0.4) is 0 Å². The highest BCUT2D eigenvalue weighted by Gasteiger charge is 2.20. The fourth-order valence-corrected chi connectivity index (χ4v) is 3.61. The highest BCUT2D eigenvalue weighted by Crippen LogP contribution is 2.48. The van der Waals surface area contributed by atoms with Crippen LogP contribution in [0, 0.1) is 0 Å². The van der Waals surface area contributed by atoms with E-state index in [1.54, 1.807) is 21.3 Å². The molecule has 0 unspecified atom stereocenters. The van der Waals surface area contributed by atoms with Crippen LogP contribution in [-0.4, -0.2) is 26.4 Å². The van der Waals surface area contributed by atoms with E-state index in [-0.39, 0.29) is 5.75 Å². The Labute approximate surface area is 157 Å². The zero-order chi connectivity index (χ0) is 19.0. The van der Waals surface area contributed by atoms with Gasteiger partial charge in [0.05, 0.1) is 21.3 Å². The zero-order valence-corrected chi connectivity index (χ0v) is 15.4. The van der Waals surface area contributed by atoms with Gasteiger partial charge >= 0.3 is 0 Å².